The van der Waals surface area contributed by atoms with Crippen molar-refractivity contribution in [3.8, 4) is 21.4 Å². The van der Waals surface area contributed by atoms with E-state index in [1.54, 1.807) is 28.7 Å². The summed E-state index contributed by atoms with van der Waals surface area (Å²) in [6.45, 7) is 2.62. The molecule has 0 saturated carbocycles. The summed E-state index contributed by atoms with van der Waals surface area (Å²) in [7, 11) is 0. The van der Waals surface area contributed by atoms with Crippen molar-refractivity contribution < 1.29 is 14.3 Å². The zero-order chi connectivity index (χ0) is 17.2. The molecule has 25 heavy (non-hydrogen) atoms. The van der Waals surface area contributed by atoms with Crippen molar-refractivity contribution in [3.05, 3.63) is 52.3 Å². The number of para-hydroxylation sites is 2. The molecule has 5 nitrogen and oxygen atoms in total. The average molecular weight is 372 g/mol. The lowest BCUT2D eigenvalue weighted by Crippen LogP contribution is -2.43. The molecular formula is C18H16N2O3S2. The maximum atomic E-state index is 12.4. The molecule has 0 fully saturated rings. The Morgan fingerprint density at radius 2 is 2.12 bits per heavy atom. The highest BCUT2D eigenvalue weighted by Crippen LogP contribution is 2.32. The lowest BCUT2D eigenvalue weighted by Gasteiger charge is -2.25. The average Bonchev–Trinajstić information content (AvgIpc) is 3.29. The van der Waals surface area contributed by atoms with Crippen LogP contribution in [0.15, 0.2) is 41.8 Å². The summed E-state index contributed by atoms with van der Waals surface area (Å²) in [5.74, 6) is 1.09. The first-order valence-corrected chi connectivity index (χ1v) is 9.56. The number of fused-ring (bicyclic) bond motifs is 1. The van der Waals surface area contributed by atoms with E-state index in [0.717, 1.165) is 20.5 Å². The van der Waals surface area contributed by atoms with Gasteiger partial charge in [0.25, 0.3) is 5.91 Å². The number of hydrogen-bond acceptors (Lipinski definition) is 6. The van der Waals surface area contributed by atoms with E-state index < -0.39 is 6.10 Å². The Morgan fingerprint density at radius 3 is 2.92 bits per heavy atom. The molecule has 1 aliphatic heterocycles. The molecule has 7 heteroatoms. The van der Waals surface area contributed by atoms with Gasteiger partial charge in [0, 0.05) is 4.88 Å². The number of aromatic nitrogens is 1. The largest absolute Gasteiger partial charge is 0.485 e. The topological polar surface area (TPSA) is 60.5 Å². The van der Waals surface area contributed by atoms with Crippen LogP contribution in [0.5, 0.6) is 11.5 Å². The number of carbonyl (C=O) groups is 1. The Bertz CT molecular complexity index is 890. The molecule has 0 spiro atoms. The van der Waals surface area contributed by atoms with E-state index in [9.17, 15) is 4.79 Å². The number of amides is 1. The molecule has 1 atom stereocenters. The highest BCUT2D eigenvalue weighted by atomic mass is 32.1. The van der Waals surface area contributed by atoms with Crippen molar-refractivity contribution in [2.24, 2.45) is 0 Å². The van der Waals surface area contributed by atoms with Crippen LogP contribution in [0.2, 0.25) is 0 Å². The predicted octanol–water partition coefficient (Wildman–Crippen LogP) is 3.64. The third-order valence-corrected chi connectivity index (χ3v) is 6.05. The molecule has 3 aromatic rings. The monoisotopic (exact) mass is 372 g/mol. The molecule has 0 saturated heterocycles. The van der Waals surface area contributed by atoms with Gasteiger partial charge in [-0.3, -0.25) is 4.79 Å². The van der Waals surface area contributed by atoms with Crippen LogP contribution in [-0.4, -0.2) is 23.6 Å². The number of ether oxygens (including phenoxy) is 2. The molecule has 2 aromatic heterocycles. The van der Waals surface area contributed by atoms with Crippen LogP contribution >= 0.6 is 22.7 Å². The van der Waals surface area contributed by atoms with E-state index in [-0.39, 0.29) is 12.5 Å². The minimum Gasteiger partial charge on any atom is -0.485 e. The second kappa shape index (κ2) is 6.85. The van der Waals surface area contributed by atoms with Crippen molar-refractivity contribution in [3.63, 3.8) is 0 Å². The first-order valence-electron chi connectivity index (χ1n) is 7.87. The zero-order valence-electron chi connectivity index (χ0n) is 13.5. The minimum absolute atomic E-state index is 0.181. The molecule has 4 rings (SSSR count). The van der Waals surface area contributed by atoms with Gasteiger partial charge >= 0.3 is 0 Å². The number of rotatable bonds is 4. The number of benzene rings is 1. The van der Waals surface area contributed by atoms with Crippen molar-refractivity contribution >= 4 is 28.6 Å². The standard InChI is InChI=1S/C18H16N2O3S2/c1-11-16(25-18(20-11)15-7-4-8-24-15)9-19-17(21)14-10-22-12-5-2-3-6-13(12)23-14/h2-8,14H,9-10H2,1H3,(H,19,21). The third-order valence-electron chi connectivity index (χ3n) is 3.85. The number of thiophene rings is 1. The zero-order valence-corrected chi connectivity index (χ0v) is 15.2. The van der Waals surface area contributed by atoms with Crippen LogP contribution in [0.25, 0.3) is 9.88 Å². The summed E-state index contributed by atoms with van der Waals surface area (Å²) in [4.78, 5) is 19.2. The summed E-state index contributed by atoms with van der Waals surface area (Å²) < 4.78 is 11.3. The fraction of sp³-hybridized carbons (Fsp3) is 0.222. The van der Waals surface area contributed by atoms with Crippen LogP contribution in [-0.2, 0) is 11.3 Å². The Kier molecular flexibility index (Phi) is 4.42. The van der Waals surface area contributed by atoms with Gasteiger partial charge in [-0.15, -0.1) is 22.7 Å². The molecule has 1 amide bonds. The number of hydrogen-bond donors (Lipinski definition) is 1. The summed E-state index contributed by atoms with van der Waals surface area (Å²) in [6, 6.07) is 11.4. The van der Waals surface area contributed by atoms with Gasteiger partial charge in [0.1, 0.15) is 11.6 Å². The molecule has 128 valence electrons. The molecule has 1 unspecified atom stereocenters. The summed E-state index contributed by atoms with van der Waals surface area (Å²) in [5.41, 5.74) is 0.944. The van der Waals surface area contributed by atoms with Gasteiger partial charge in [-0.1, -0.05) is 18.2 Å². The fourth-order valence-corrected chi connectivity index (χ4v) is 4.33. The van der Waals surface area contributed by atoms with E-state index in [1.165, 1.54) is 0 Å². The molecule has 0 radical (unpaired) electrons. The number of nitrogens with one attached hydrogen (secondary N) is 1. The van der Waals surface area contributed by atoms with Crippen LogP contribution in [0, 0.1) is 6.92 Å². The molecule has 1 N–H and O–H groups in total. The number of carbonyl (C=O) groups excluding carboxylic acids is 1. The smallest absolute Gasteiger partial charge is 0.264 e. The van der Waals surface area contributed by atoms with E-state index in [0.29, 0.717) is 18.0 Å². The third kappa shape index (κ3) is 3.38. The molecule has 3 heterocycles. The van der Waals surface area contributed by atoms with E-state index in [1.807, 2.05) is 36.6 Å². The Balaban J connectivity index is 1.40. The maximum Gasteiger partial charge on any atom is 0.264 e. The summed E-state index contributed by atoms with van der Waals surface area (Å²) in [5, 5.41) is 5.95. The second-order valence-corrected chi connectivity index (χ2v) is 7.62. The lowest BCUT2D eigenvalue weighted by molar-refractivity contribution is -0.130. The molecule has 1 aliphatic rings. The van der Waals surface area contributed by atoms with Gasteiger partial charge in [-0.2, -0.15) is 0 Å². The first-order chi connectivity index (χ1) is 12.2. The fourth-order valence-electron chi connectivity index (χ4n) is 2.53. The molecule has 0 bridgehead atoms. The molecule has 1 aromatic carbocycles. The SMILES string of the molecule is Cc1nc(-c2cccs2)sc1CNC(=O)C1COc2ccccc2O1. The van der Waals surface area contributed by atoms with Gasteiger partial charge in [-0.25, -0.2) is 4.98 Å². The minimum atomic E-state index is -0.639. The van der Waals surface area contributed by atoms with Crippen molar-refractivity contribution in [1.82, 2.24) is 10.3 Å². The van der Waals surface area contributed by atoms with Gasteiger partial charge < -0.3 is 14.8 Å². The quantitative estimate of drug-likeness (QED) is 0.760. The van der Waals surface area contributed by atoms with Gasteiger partial charge in [-0.05, 0) is 30.5 Å². The number of nitrogens with zero attached hydrogens (tertiary/aromatic N) is 1. The van der Waals surface area contributed by atoms with Crippen molar-refractivity contribution in [2.45, 2.75) is 19.6 Å². The molecular weight excluding hydrogens is 356 g/mol. The van der Waals surface area contributed by atoms with Gasteiger partial charge in [0.15, 0.2) is 11.5 Å². The maximum absolute atomic E-state index is 12.4. The highest BCUT2D eigenvalue weighted by Gasteiger charge is 2.27. The summed E-state index contributed by atoms with van der Waals surface area (Å²) >= 11 is 3.27. The van der Waals surface area contributed by atoms with Gasteiger partial charge in [0.2, 0.25) is 6.10 Å². The molecule has 0 aliphatic carbocycles. The van der Waals surface area contributed by atoms with Crippen molar-refractivity contribution in [2.75, 3.05) is 6.61 Å². The van der Waals surface area contributed by atoms with Crippen molar-refractivity contribution in [1.29, 1.82) is 0 Å². The first kappa shape index (κ1) is 16.1. The predicted molar refractivity (Wildman–Crippen MR) is 98.4 cm³/mol. The summed E-state index contributed by atoms with van der Waals surface area (Å²) in [6.07, 6.45) is -0.639. The van der Waals surface area contributed by atoms with Crippen LogP contribution in [0.4, 0.5) is 0 Å². The van der Waals surface area contributed by atoms with Crippen LogP contribution in [0.3, 0.4) is 0 Å². The highest BCUT2D eigenvalue weighted by molar-refractivity contribution is 7.21. The van der Waals surface area contributed by atoms with E-state index in [2.05, 4.69) is 16.4 Å². The van der Waals surface area contributed by atoms with Crippen LogP contribution < -0.4 is 14.8 Å². The van der Waals surface area contributed by atoms with Crippen LogP contribution in [0.1, 0.15) is 10.6 Å². The number of aryl methyl sites for hydroxylation is 1. The Morgan fingerprint density at radius 1 is 1.28 bits per heavy atom. The van der Waals surface area contributed by atoms with Gasteiger partial charge in [0.05, 0.1) is 17.1 Å². The Hall–Kier alpha value is -2.38. The van der Waals surface area contributed by atoms with E-state index >= 15 is 0 Å². The second-order valence-electron chi connectivity index (χ2n) is 5.59. The van der Waals surface area contributed by atoms with E-state index in [4.69, 9.17) is 9.47 Å². The Labute approximate surface area is 153 Å². The normalized spacial score (nSPS) is 15.8. The lowest BCUT2D eigenvalue weighted by atomic mass is 10.2. The number of thiazole rings is 1.